The van der Waals surface area contributed by atoms with E-state index in [1.165, 1.54) is 7.11 Å². The molecular weight excluding hydrogens is 913 g/mol. The first kappa shape index (κ1) is 56.3. The monoisotopic (exact) mass is 984 g/mol. The molecule has 4 aliphatic rings. The summed E-state index contributed by atoms with van der Waals surface area (Å²) in [6.07, 6.45) is -22.6. The molecule has 376 valence electrons. The van der Waals surface area contributed by atoms with Crippen LogP contribution in [0.2, 0.25) is 0 Å². The molecule has 0 aromatic rings. The van der Waals surface area contributed by atoms with Crippen molar-refractivity contribution in [3.63, 3.8) is 0 Å². The first-order valence-corrected chi connectivity index (χ1v) is 25.2. The summed E-state index contributed by atoms with van der Waals surface area (Å²) in [4.78, 5) is 0. The van der Waals surface area contributed by atoms with Gasteiger partial charge in [-0.25, -0.2) is 0 Å². The minimum atomic E-state index is -1.61. The molecule has 0 aliphatic carbocycles. The lowest BCUT2D eigenvalue weighted by Crippen LogP contribution is -2.63. The zero-order valence-electron chi connectivity index (χ0n) is 36.5. The van der Waals surface area contributed by atoms with Gasteiger partial charge in [0.1, 0.15) is 103 Å². The molecule has 0 aromatic heterocycles. The van der Waals surface area contributed by atoms with Crippen LogP contribution in [0, 0.1) is 5.41 Å². The van der Waals surface area contributed by atoms with Crippen LogP contribution in [0.5, 0.6) is 0 Å². The number of hydrogen-bond donors (Lipinski definition) is 13. The van der Waals surface area contributed by atoms with Gasteiger partial charge in [-0.15, -0.1) is 11.8 Å². The molecule has 0 amide bonds. The number of amidine groups is 1. The van der Waals surface area contributed by atoms with E-state index in [9.17, 15) is 56.2 Å². The van der Waals surface area contributed by atoms with Crippen molar-refractivity contribution in [1.82, 2.24) is 5.32 Å². The lowest BCUT2D eigenvalue weighted by molar-refractivity contribution is -0.346. The van der Waals surface area contributed by atoms with Crippen molar-refractivity contribution in [2.24, 2.45) is 0 Å². The van der Waals surface area contributed by atoms with Crippen LogP contribution in [0.4, 0.5) is 0 Å². The van der Waals surface area contributed by atoms with Gasteiger partial charge in [0, 0.05) is 32.6 Å². The largest absolute Gasteiger partial charge is 0.394 e. The molecule has 64 heavy (non-hydrogen) atoms. The number of ether oxygens (including phenoxy) is 9. The molecular formula is C39H72N2O20S3. The van der Waals surface area contributed by atoms with Gasteiger partial charge in [0.05, 0.1) is 31.7 Å². The highest BCUT2D eigenvalue weighted by atomic mass is 32.2. The van der Waals surface area contributed by atoms with E-state index in [0.29, 0.717) is 37.3 Å². The van der Waals surface area contributed by atoms with Crippen molar-refractivity contribution in [2.75, 3.05) is 75.5 Å². The molecule has 0 saturated carbocycles. The Morgan fingerprint density at radius 1 is 0.562 bits per heavy atom. The molecule has 13 N–H and O–H groups in total. The third kappa shape index (κ3) is 15.9. The van der Waals surface area contributed by atoms with Crippen LogP contribution in [0.15, 0.2) is 0 Å². The summed E-state index contributed by atoms with van der Waals surface area (Å²) in [5, 5.41) is 126. The minimum Gasteiger partial charge on any atom is -0.394 e. The Bertz CT molecular complexity index is 1310. The number of thioether (sulfide) groups is 3. The van der Waals surface area contributed by atoms with E-state index in [2.05, 4.69) is 12.2 Å². The average Bonchev–Trinajstić information content (AvgIpc) is 3.29. The smallest absolute Gasteiger partial charge is 0.187 e. The zero-order chi connectivity index (χ0) is 46.9. The molecule has 25 heteroatoms. The second-order valence-corrected chi connectivity index (χ2v) is 19.4. The van der Waals surface area contributed by atoms with Gasteiger partial charge in [-0.1, -0.05) is 13.8 Å². The quantitative estimate of drug-likeness (QED) is 0.0214. The molecule has 4 saturated heterocycles. The number of aliphatic hydroxyl groups is 11. The summed E-state index contributed by atoms with van der Waals surface area (Å²) < 4.78 is 52.3. The summed E-state index contributed by atoms with van der Waals surface area (Å²) in [7, 11) is 1.26. The summed E-state index contributed by atoms with van der Waals surface area (Å²) in [5.41, 5.74) is -0.934. The highest BCUT2D eigenvalue weighted by Gasteiger charge is 2.50. The van der Waals surface area contributed by atoms with E-state index in [1.54, 1.807) is 30.4 Å². The van der Waals surface area contributed by atoms with Gasteiger partial charge in [-0.05, 0) is 42.9 Å². The predicted molar refractivity (Wildman–Crippen MR) is 233 cm³/mol. The molecule has 4 aliphatic heterocycles. The van der Waals surface area contributed by atoms with E-state index < -0.39 is 135 Å². The van der Waals surface area contributed by atoms with Gasteiger partial charge in [0.2, 0.25) is 0 Å². The van der Waals surface area contributed by atoms with Crippen LogP contribution in [0.25, 0.3) is 0 Å². The second-order valence-electron chi connectivity index (χ2n) is 15.9. The Labute approximate surface area is 386 Å². The summed E-state index contributed by atoms with van der Waals surface area (Å²) in [5.74, 6) is 3.34. The molecule has 0 aromatic carbocycles. The summed E-state index contributed by atoms with van der Waals surface area (Å²) in [6, 6.07) is 0. The van der Waals surface area contributed by atoms with Crippen molar-refractivity contribution in [3.8, 4) is 0 Å². The maximum Gasteiger partial charge on any atom is 0.187 e. The molecule has 0 radical (unpaired) electrons. The Kier molecular flexibility index (Phi) is 25.5. The molecule has 8 unspecified atom stereocenters. The van der Waals surface area contributed by atoms with Gasteiger partial charge in [0.15, 0.2) is 18.9 Å². The van der Waals surface area contributed by atoms with Gasteiger partial charge in [-0.3, -0.25) is 5.41 Å². The molecule has 4 fully saturated rings. The topological polar surface area (TPSA) is 341 Å². The first-order chi connectivity index (χ1) is 30.7. The van der Waals surface area contributed by atoms with E-state index in [-0.39, 0.29) is 31.4 Å². The highest BCUT2D eigenvalue weighted by molar-refractivity contribution is 8.00. The van der Waals surface area contributed by atoms with E-state index in [4.69, 9.17) is 48.0 Å². The highest BCUT2D eigenvalue weighted by Crippen LogP contribution is 2.32. The third-order valence-electron chi connectivity index (χ3n) is 11.1. The van der Waals surface area contributed by atoms with Crippen molar-refractivity contribution in [3.05, 3.63) is 0 Å². The number of hydrogen-bond acceptors (Lipinski definition) is 24. The maximum atomic E-state index is 11.3. The normalized spacial score (nSPS) is 40.7. The fourth-order valence-electron chi connectivity index (χ4n) is 7.34. The van der Waals surface area contributed by atoms with E-state index in [0.717, 1.165) is 29.7 Å². The van der Waals surface area contributed by atoms with Crippen LogP contribution in [0.1, 0.15) is 39.5 Å². The fourth-order valence-corrected chi connectivity index (χ4v) is 9.94. The van der Waals surface area contributed by atoms with Crippen molar-refractivity contribution in [2.45, 2.75) is 162 Å². The van der Waals surface area contributed by atoms with Crippen LogP contribution in [-0.4, -0.2) is 259 Å². The number of nitrogens with one attached hydrogen (secondary N) is 2. The molecule has 22 nitrogen and oxygen atoms in total. The Hall–Kier alpha value is -0.280. The Morgan fingerprint density at radius 3 is 1.61 bits per heavy atom. The van der Waals surface area contributed by atoms with Crippen molar-refractivity contribution in [1.29, 1.82) is 5.41 Å². The number of rotatable bonds is 27. The van der Waals surface area contributed by atoms with Crippen molar-refractivity contribution >= 4 is 41.1 Å². The van der Waals surface area contributed by atoms with Crippen LogP contribution < -0.4 is 5.32 Å². The Balaban J connectivity index is 1.26. The SMILES string of the molecule is CCCSCCCOC1[C@@H](OCC2O[C@H](OC)C(O)[C@@H](O)[C@@H]2O)OC(CO[C@H]2OC(CC)[C@@H](O)[C@H](O)C2OCCCSCCNC(=N)CS[C@H]2OC(CO)[C@@H](O)C(O)[C@H]2O)[C@@H](O)[C@@H]1O. The van der Waals surface area contributed by atoms with Gasteiger partial charge >= 0.3 is 0 Å². The van der Waals surface area contributed by atoms with Crippen LogP contribution in [-0.2, 0) is 42.6 Å². The number of aliphatic hydroxyl groups excluding tert-OH is 11. The number of methoxy groups -OCH3 is 1. The molecule has 4 rings (SSSR count). The standard InChI is InChI=1S/C39H72N2O20S3/c1-4-11-62-12-6-9-55-35-31(50)27(46)22(60-38(35)57-16-21-26(45)28(47)32(51)36(53-3)59-21)17-56-37-34(30(49)24(43)19(5-2)58-37)54-10-7-13-63-14-8-41-23(40)18-64-39-33(52)29(48)25(44)20(15-42)61-39/h19-22,24-39,42-52H,4-18H2,1-3H3,(H2,40,41)/t19?,20?,21?,22?,24-,25-,26-,27-,28+,29?,30+,31+,32?,33-,34?,35?,36+,37+,38+,39-/m1/s1. The molecule has 20 atom stereocenters. The van der Waals surface area contributed by atoms with Gasteiger partial charge in [-0.2, -0.15) is 23.5 Å². The van der Waals surface area contributed by atoms with Crippen LogP contribution >= 0.6 is 35.3 Å². The second kappa shape index (κ2) is 29.0. The fraction of sp³-hybridized carbons (Fsp3) is 0.974. The van der Waals surface area contributed by atoms with Crippen LogP contribution in [0.3, 0.4) is 0 Å². The lowest BCUT2D eigenvalue weighted by Gasteiger charge is -2.45. The van der Waals surface area contributed by atoms with Gasteiger partial charge < -0.3 is 104 Å². The zero-order valence-corrected chi connectivity index (χ0v) is 38.9. The summed E-state index contributed by atoms with van der Waals surface area (Å²) >= 11 is 4.39. The van der Waals surface area contributed by atoms with Gasteiger partial charge in [0.25, 0.3) is 0 Å². The molecule has 0 bridgehead atoms. The maximum absolute atomic E-state index is 11.3. The summed E-state index contributed by atoms with van der Waals surface area (Å²) in [6.45, 7) is 3.34. The molecule has 4 heterocycles. The predicted octanol–water partition coefficient (Wildman–Crippen LogP) is -3.70. The average molecular weight is 985 g/mol. The van der Waals surface area contributed by atoms with Crippen molar-refractivity contribution < 1.29 is 98.8 Å². The van der Waals surface area contributed by atoms with E-state index in [1.807, 2.05) is 0 Å². The minimum absolute atomic E-state index is 0.129. The third-order valence-corrected chi connectivity index (χ3v) is 14.6. The molecule has 0 spiro atoms. The Morgan fingerprint density at radius 2 is 1.06 bits per heavy atom. The lowest BCUT2D eigenvalue weighted by atomic mass is 9.96. The van der Waals surface area contributed by atoms with E-state index >= 15 is 0 Å². The first-order valence-electron chi connectivity index (χ1n) is 21.8.